The van der Waals surface area contributed by atoms with Crippen molar-refractivity contribution in [2.45, 2.75) is 6.92 Å². The molecular formula is C12H10N4O. The molecule has 0 unspecified atom stereocenters. The maximum absolute atomic E-state index is 8.71. The van der Waals surface area contributed by atoms with Crippen molar-refractivity contribution >= 4 is 5.69 Å². The Balaban J connectivity index is 2.31. The first-order valence-corrected chi connectivity index (χ1v) is 4.96. The van der Waals surface area contributed by atoms with Gasteiger partial charge < -0.3 is 10.5 Å². The highest BCUT2D eigenvalue weighted by molar-refractivity contribution is 5.48. The van der Waals surface area contributed by atoms with Gasteiger partial charge >= 0.3 is 6.01 Å². The zero-order valence-electron chi connectivity index (χ0n) is 9.21. The van der Waals surface area contributed by atoms with Crippen molar-refractivity contribution in [2.75, 3.05) is 5.73 Å². The molecule has 0 amide bonds. The molecule has 2 aromatic rings. The lowest BCUT2D eigenvalue weighted by molar-refractivity contribution is 0.438. The summed E-state index contributed by atoms with van der Waals surface area (Å²) in [6, 6.07) is 8.90. The van der Waals surface area contributed by atoms with Gasteiger partial charge in [-0.15, -0.1) is 0 Å². The fourth-order valence-corrected chi connectivity index (χ4v) is 1.28. The predicted octanol–water partition coefficient (Wildman–Crippen LogP) is 2.03. The van der Waals surface area contributed by atoms with Gasteiger partial charge in [0.2, 0.25) is 0 Å². The Hall–Kier alpha value is -2.61. The second-order valence-corrected chi connectivity index (χ2v) is 3.46. The quantitative estimate of drug-likeness (QED) is 0.792. The van der Waals surface area contributed by atoms with Crippen LogP contribution < -0.4 is 10.5 Å². The standard InChI is InChI=1S/C12H10N4O/c1-8-2-3-9(14)6-11(8)17-12-15-5-4-10(7-13)16-12/h2-6H,14H2,1H3. The minimum atomic E-state index is 0.137. The number of aryl methyl sites for hydroxylation is 1. The minimum Gasteiger partial charge on any atom is -0.424 e. The summed E-state index contributed by atoms with van der Waals surface area (Å²) >= 11 is 0. The third kappa shape index (κ3) is 2.49. The van der Waals surface area contributed by atoms with Crippen LogP contribution in [0.15, 0.2) is 30.5 Å². The van der Waals surface area contributed by atoms with E-state index < -0.39 is 0 Å². The van der Waals surface area contributed by atoms with E-state index >= 15 is 0 Å². The minimum absolute atomic E-state index is 0.137. The van der Waals surface area contributed by atoms with Gasteiger partial charge in [0, 0.05) is 18.0 Å². The SMILES string of the molecule is Cc1ccc(N)cc1Oc1nccc(C#N)n1. The van der Waals surface area contributed by atoms with Crippen LogP contribution in [0.5, 0.6) is 11.8 Å². The summed E-state index contributed by atoms with van der Waals surface area (Å²) < 4.78 is 5.48. The first-order chi connectivity index (χ1) is 8.19. The Morgan fingerprint density at radius 3 is 2.94 bits per heavy atom. The average Bonchev–Trinajstić information content (AvgIpc) is 2.34. The Morgan fingerprint density at radius 2 is 2.18 bits per heavy atom. The lowest BCUT2D eigenvalue weighted by atomic mass is 10.2. The summed E-state index contributed by atoms with van der Waals surface area (Å²) in [5.74, 6) is 0.583. The second-order valence-electron chi connectivity index (χ2n) is 3.46. The van der Waals surface area contributed by atoms with Crippen LogP contribution in [0, 0.1) is 18.3 Å². The molecule has 5 heteroatoms. The number of benzene rings is 1. The molecular weight excluding hydrogens is 216 g/mol. The highest BCUT2D eigenvalue weighted by atomic mass is 16.5. The topological polar surface area (TPSA) is 84.8 Å². The third-order valence-corrected chi connectivity index (χ3v) is 2.16. The van der Waals surface area contributed by atoms with Gasteiger partial charge in [-0.1, -0.05) is 6.07 Å². The van der Waals surface area contributed by atoms with Crippen molar-refractivity contribution in [3.05, 3.63) is 41.7 Å². The van der Waals surface area contributed by atoms with E-state index in [4.69, 9.17) is 15.7 Å². The van der Waals surface area contributed by atoms with Crippen LogP contribution in [0.1, 0.15) is 11.3 Å². The highest BCUT2D eigenvalue weighted by Crippen LogP contribution is 2.24. The summed E-state index contributed by atoms with van der Waals surface area (Å²) in [5.41, 5.74) is 7.45. The zero-order valence-corrected chi connectivity index (χ0v) is 9.21. The Bertz CT molecular complexity index is 589. The van der Waals surface area contributed by atoms with Gasteiger partial charge in [0.15, 0.2) is 0 Å². The van der Waals surface area contributed by atoms with Crippen LogP contribution in [0.4, 0.5) is 5.69 Å². The predicted molar refractivity (Wildman–Crippen MR) is 62.4 cm³/mol. The fourth-order valence-electron chi connectivity index (χ4n) is 1.28. The van der Waals surface area contributed by atoms with E-state index in [1.54, 1.807) is 12.1 Å². The Labute approximate surface area is 98.5 Å². The number of anilines is 1. The Morgan fingerprint density at radius 1 is 1.35 bits per heavy atom. The number of rotatable bonds is 2. The molecule has 5 nitrogen and oxygen atoms in total. The summed E-state index contributed by atoms with van der Waals surface area (Å²) in [6.45, 7) is 1.89. The van der Waals surface area contributed by atoms with Gasteiger partial charge in [0.25, 0.3) is 0 Å². The fraction of sp³-hybridized carbons (Fsp3) is 0.0833. The van der Waals surface area contributed by atoms with Gasteiger partial charge in [0.05, 0.1) is 0 Å². The molecule has 0 fully saturated rings. The molecule has 0 radical (unpaired) electrons. The molecule has 17 heavy (non-hydrogen) atoms. The molecule has 0 aliphatic rings. The summed E-state index contributed by atoms with van der Waals surface area (Å²) in [5, 5.41) is 8.71. The molecule has 0 aliphatic carbocycles. The number of nitriles is 1. The van der Waals surface area contributed by atoms with Crippen LogP contribution in [0.2, 0.25) is 0 Å². The smallest absolute Gasteiger partial charge is 0.323 e. The van der Waals surface area contributed by atoms with Crippen molar-refractivity contribution in [1.82, 2.24) is 9.97 Å². The summed E-state index contributed by atoms with van der Waals surface area (Å²) in [6.07, 6.45) is 1.47. The number of ether oxygens (including phenoxy) is 1. The van der Waals surface area contributed by atoms with Gasteiger partial charge in [-0.2, -0.15) is 10.2 Å². The second kappa shape index (κ2) is 4.49. The van der Waals surface area contributed by atoms with E-state index in [0.717, 1.165) is 5.56 Å². The third-order valence-electron chi connectivity index (χ3n) is 2.16. The first kappa shape index (κ1) is 10.9. The van der Waals surface area contributed by atoms with Crippen LogP contribution in [-0.2, 0) is 0 Å². The largest absolute Gasteiger partial charge is 0.424 e. The van der Waals surface area contributed by atoms with E-state index in [1.807, 2.05) is 19.1 Å². The monoisotopic (exact) mass is 226 g/mol. The molecule has 2 N–H and O–H groups in total. The highest BCUT2D eigenvalue weighted by Gasteiger charge is 2.05. The number of nitrogen functional groups attached to an aromatic ring is 1. The molecule has 1 aromatic carbocycles. The van der Waals surface area contributed by atoms with E-state index in [-0.39, 0.29) is 11.7 Å². The molecule has 0 spiro atoms. The van der Waals surface area contributed by atoms with Crippen LogP contribution >= 0.6 is 0 Å². The van der Waals surface area contributed by atoms with Gasteiger partial charge in [-0.3, -0.25) is 0 Å². The molecule has 84 valence electrons. The molecule has 0 atom stereocenters. The van der Waals surface area contributed by atoms with Gasteiger partial charge in [-0.05, 0) is 24.6 Å². The van der Waals surface area contributed by atoms with Crippen molar-refractivity contribution in [3.8, 4) is 17.8 Å². The molecule has 0 bridgehead atoms. The lowest BCUT2D eigenvalue weighted by Crippen LogP contribution is -1.96. The van der Waals surface area contributed by atoms with E-state index in [0.29, 0.717) is 11.4 Å². The van der Waals surface area contributed by atoms with Crippen molar-refractivity contribution in [1.29, 1.82) is 5.26 Å². The summed E-state index contributed by atoms with van der Waals surface area (Å²) in [4.78, 5) is 7.85. The van der Waals surface area contributed by atoms with E-state index in [1.165, 1.54) is 12.3 Å². The van der Waals surface area contributed by atoms with E-state index in [2.05, 4.69) is 9.97 Å². The van der Waals surface area contributed by atoms with Crippen LogP contribution in [0.3, 0.4) is 0 Å². The Kier molecular flexibility index (Phi) is 2.88. The molecule has 0 saturated carbocycles. The lowest BCUT2D eigenvalue weighted by Gasteiger charge is -2.07. The number of nitrogens with two attached hydrogens (primary N) is 1. The maximum Gasteiger partial charge on any atom is 0.323 e. The van der Waals surface area contributed by atoms with E-state index in [9.17, 15) is 0 Å². The number of hydrogen-bond acceptors (Lipinski definition) is 5. The van der Waals surface area contributed by atoms with Gasteiger partial charge in [0.1, 0.15) is 17.5 Å². The zero-order chi connectivity index (χ0) is 12.3. The maximum atomic E-state index is 8.71. The molecule has 0 saturated heterocycles. The molecule has 1 heterocycles. The number of aromatic nitrogens is 2. The van der Waals surface area contributed by atoms with Crippen molar-refractivity contribution < 1.29 is 4.74 Å². The van der Waals surface area contributed by atoms with Gasteiger partial charge in [-0.25, -0.2) is 4.98 Å². The van der Waals surface area contributed by atoms with Crippen molar-refractivity contribution in [2.24, 2.45) is 0 Å². The van der Waals surface area contributed by atoms with Crippen LogP contribution in [0.25, 0.3) is 0 Å². The van der Waals surface area contributed by atoms with Crippen LogP contribution in [-0.4, -0.2) is 9.97 Å². The summed E-state index contributed by atoms with van der Waals surface area (Å²) in [7, 11) is 0. The normalized spacial score (nSPS) is 9.65. The molecule has 0 aliphatic heterocycles. The van der Waals surface area contributed by atoms with Crippen molar-refractivity contribution in [3.63, 3.8) is 0 Å². The number of nitrogens with zero attached hydrogens (tertiary/aromatic N) is 3. The molecule has 2 rings (SSSR count). The molecule has 1 aromatic heterocycles. The average molecular weight is 226 g/mol. The first-order valence-electron chi connectivity index (χ1n) is 4.96. The number of hydrogen-bond donors (Lipinski definition) is 1.